The fraction of sp³-hybridized carbons (Fsp3) is 0.529. The number of carbonyl (C=O) groups is 2. The van der Waals surface area contributed by atoms with E-state index in [-0.39, 0.29) is 12.1 Å². The Morgan fingerprint density at radius 2 is 1.88 bits per heavy atom. The van der Waals surface area contributed by atoms with Gasteiger partial charge in [0, 0.05) is 12.5 Å². The first kappa shape index (κ1) is 21.0. The first-order valence-electron chi connectivity index (χ1n) is 8.10. The van der Waals surface area contributed by atoms with Crippen LogP contribution in [0.4, 0.5) is 18.9 Å². The van der Waals surface area contributed by atoms with Crippen molar-refractivity contribution >= 4 is 17.6 Å². The maximum atomic E-state index is 12.9. The van der Waals surface area contributed by atoms with Crippen molar-refractivity contribution in [3.63, 3.8) is 0 Å². The Balaban J connectivity index is 2.66. The van der Waals surface area contributed by atoms with Crippen LogP contribution in [0.15, 0.2) is 24.3 Å². The maximum Gasteiger partial charge on any atom is 0.418 e. The minimum atomic E-state index is -4.57. The van der Waals surface area contributed by atoms with Crippen LogP contribution < -0.4 is 10.6 Å². The Kier molecular flexibility index (Phi) is 7.89. The van der Waals surface area contributed by atoms with Gasteiger partial charge in [0.1, 0.15) is 6.04 Å². The van der Waals surface area contributed by atoms with Gasteiger partial charge in [-0.05, 0) is 25.5 Å². The molecule has 0 aromatic heterocycles. The summed E-state index contributed by atoms with van der Waals surface area (Å²) in [5.74, 6) is -1.63. The number of halogens is 3. The zero-order chi connectivity index (χ0) is 19.0. The Morgan fingerprint density at radius 1 is 1.24 bits per heavy atom. The third-order valence-electron chi connectivity index (χ3n) is 3.63. The number of carboxylic acids is 1. The van der Waals surface area contributed by atoms with E-state index in [9.17, 15) is 22.8 Å². The van der Waals surface area contributed by atoms with Crippen LogP contribution in [-0.2, 0) is 15.8 Å². The molecule has 1 amide bonds. The second kappa shape index (κ2) is 9.41. The summed E-state index contributed by atoms with van der Waals surface area (Å²) in [6.07, 6.45) is -2.71. The number of nitrogens with one attached hydrogen (secondary N) is 2. The molecule has 0 saturated heterocycles. The van der Waals surface area contributed by atoms with Crippen LogP contribution in [0.1, 0.15) is 45.1 Å². The Morgan fingerprint density at radius 3 is 2.44 bits per heavy atom. The molecule has 1 rings (SSSR count). The summed E-state index contributed by atoms with van der Waals surface area (Å²) >= 11 is 0. The fourth-order valence-electron chi connectivity index (χ4n) is 2.41. The highest BCUT2D eigenvalue weighted by molar-refractivity contribution is 5.92. The summed E-state index contributed by atoms with van der Waals surface area (Å²) in [6, 6.07) is 3.44. The van der Waals surface area contributed by atoms with E-state index in [2.05, 4.69) is 10.6 Å². The lowest BCUT2D eigenvalue weighted by Gasteiger charge is -2.20. The van der Waals surface area contributed by atoms with Gasteiger partial charge >= 0.3 is 12.1 Å². The van der Waals surface area contributed by atoms with E-state index in [1.54, 1.807) is 6.92 Å². The molecule has 5 nitrogen and oxygen atoms in total. The summed E-state index contributed by atoms with van der Waals surface area (Å²) in [7, 11) is 0. The van der Waals surface area contributed by atoms with Gasteiger partial charge in [0.05, 0.1) is 11.3 Å². The number of hydrogen-bond acceptors (Lipinski definition) is 3. The molecule has 1 aromatic carbocycles. The number of carboxylic acid groups (broad SMARTS) is 1. The minimum Gasteiger partial charge on any atom is -0.480 e. The monoisotopic (exact) mass is 360 g/mol. The third-order valence-corrected chi connectivity index (χ3v) is 3.63. The molecule has 2 atom stereocenters. The molecule has 0 fully saturated rings. The Hall–Kier alpha value is -2.09. The first-order valence-corrected chi connectivity index (χ1v) is 8.10. The SMILES string of the molecule is CCCCC(NC(C)CC(=O)Nc1ccccc1C(F)(F)F)C(=O)O. The quantitative estimate of drug-likeness (QED) is 0.628. The molecule has 0 aliphatic rings. The van der Waals surface area contributed by atoms with Crippen molar-refractivity contribution in [2.24, 2.45) is 0 Å². The topological polar surface area (TPSA) is 78.4 Å². The molecular weight excluding hydrogens is 337 g/mol. The van der Waals surface area contributed by atoms with Crippen molar-refractivity contribution in [3.05, 3.63) is 29.8 Å². The lowest BCUT2D eigenvalue weighted by Crippen LogP contribution is -2.43. The highest BCUT2D eigenvalue weighted by Crippen LogP contribution is 2.34. The average Bonchev–Trinajstić information content (AvgIpc) is 2.50. The van der Waals surface area contributed by atoms with E-state index >= 15 is 0 Å². The molecule has 8 heteroatoms. The lowest BCUT2D eigenvalue weighted by atomic mass is 10.1. The van der Waals surface area contributed by atoms with Gasteiger partial charge in [-0.15, -0.1) is 0 Å². The van der Waals surface area contributed by atoms with Crippen LogP contribution in [0.5, 0.6) is 0 Å². The van der Waals surface area contributed by atoms with E-state index < -0.39 is 35.7 Å². The molecule has 0 saturated carbocycles. The van der Waals surface area contributed by atoms with Gasteiger partial charge in [0.2, 0.25) is 5.91 Å². The van der Waals surface area contributed by atoms with Gasteiger partial charge in [-0.25, -0.2) is 0 Å². The zero-order valence-electron chi connectivity index (χ0n) is 14.2. The number of amides is 1. The molecule has 0 aliphatic heterocycles. The molecule has 2 unspecified atom stereocenters. The van der Waals surface area contributed by atoms with Crippen molar-refractivity contribution in [1.82, 2.24) is 5.32 Å². The molecule has 0 radical (unpaired) electrons. The van der Waals surface area contributed by atoms with Crippen LogP contribution in [0.3, 0.4) is 0 Å². The van der Waals surface area contributed by atoms with Crippen molar-refractivity contribution in [3.8, 4) is 0 Å². The summed E-state index contributed by atoms with van der Waals surface area (Å²) in [4.78, 5) is 23.2. The zero-order valence-corrected chi connectivity index (χ0v) is 14.2. The number of hydrogen-bond donors (Lipinski definition) is 3. The Bertz CT molecular complexity index is 591. The molecule has 0 aliphatic carbocycles. The Labute approximate surface area is 144 Å². The van der Waals surface area contributed by atoms with E-state index in [1.807, 2.05) is 6.92 Å². The minimum absolute atomic E-state index is 0.137. The van der Waals surface area contributed by atoms with Crippen LogP contribution >= 0.6 is 0 Å². The van der Waals surface area contributed by atoms with Gasteiger partial charge in [-0.3, -0.25) is 9.59 Å². The molecule has 0 bridgehead atoms. The van der Waals surface area contributed by atoms with E-state index in [0.717, 1.165) is 18.9 Å². The van der Waals surface area contributed by atoms with E-state index in [4.69, 9.17) is 5.11 Å². The van der Waals surface area contributed by atoms with Crippen LogP contribution in [0, 0.1) is 0 Å². The normalized spacial score (nSPS) is 14.0. The van der Waals surface area contributed by atoms with E-state index in [1.165, 1.54) is 18.2 Å². The molecular formula is C17H23F3N2O3. The number of aliphatic carboxylic acids is 1. The number of benzene rings is 1. The predicted octanol–water partition coefficient (Wildman–Crippen LogP) is 3.66. The van der Waals surface area contributed by atoms with Crippen molar-refractivity contribution in [2.75, 3.05) is 5.32 Å². The number of para-hydroxylation sites is 1. The van der Waals surface area contributed by atoms with Gasteiger partial charge in [-0.2, -0.15) is 13.2 Å². The lowest BCUT2D eigenvalue weighted by molar-refractivity contribution is -0.140. The van der Waals surface area contributed by atoms with Gasteiger partial charge in [-0.1, -0.05) is 31.9 Å². The third kappa shape index (κ3) is 7.13. The highest BCUT2D eigenvalue weighted by Gasteiger charge is 2.33. The van der Waals surface area contributed by atoms with Crippen LogP contribution in [-0.4, -0.2) is 29.1 Å². The highest BCUT2D eigenvalue weighted by atomic mass is 19.4. The summed E-state index contributed by atoms with van der Waals surface area (Å²) < 4.78 is 38.7. The van der Waals surface area contributed by atoms with Crippen molar-refractivity contribution in [2.45, 2.75) is 57.8 Å². The van der Waals surface area contributed by atoms with Gasteiger partial charge < -0.3 is 15.7 Å². The van der Waals surface area contributed by atoms with Gasteiger partial charge in [0.15, 0.2) is 0 Å². The molecule has 1 aromatic rings. The molecule has 0 heterocycles. The maximum absolute atomic E-state index is 12.9. The summed E-state index contributed by atoms with van der Waals surface area (Å²) in [5, 5.41) is 14.2. The fourth-order valence-corrected chi connectivity index (χ4v) is 2.41. The second-order valence-electron chi connectivity index (χ2n) is 5.90. The summed E-state index contributed by atoms with van der Waals surface area (Å²) in [5.41, 5.74) is -1.23. The van der Waals surface area contributed by atoms with Crippen molar-refractivity contribution in [1.29, 1.82) is 0 Å². The first-order chi connectivity index (χ1) is 11.6. The standard InChI is InChI=1S/C17H23F3N2O3/c1-3-4-8-14(16(24)25)21-11(2)10-15(23)22-13-9-6-5-7-12(13)17(18,19)20/h5-7,9,11,14,21H,3-4,8,10H2,1-2H3,(H,22,23)(H,24,25). The van der Waals surface area contributed by atoms with Gasteiger partial charge in [0.25, 0.3) is 0 Å². The largest absolute Gasteiger partial charge is 0.480 e. The molecule has 0 spiro atoms. The van der Waals surface area contributed by atoms with E-state index in [0.29, 0.717) is 6.42 Å². The van der Waals surface area contributed by atoms with Crippen molar-refractivity contribution < 1.29 is 27.9 Å². The molecule has 140 valence electrons. The van der Waals surface area contributed by atoms with Crippen LogP contribution in [0.25, 0.3) is 0 Å². The number of rotatable bonds is 9. The molecule has 3 N–H and O–H groups in total. The molecule has 25 heavy (non-hydrogen) atoms. The number of anilines is 1. The predicted molar refractivity (Wildman–Crippen MR) is 88.2 cm³/mol. The van der Waals surface area contributed by atoms with Crippen LogP contribution in [0.2, 0.25) is 0 Å². The second-order valence-corrected chi connectivity index (χ2v) is 5.90. The number of unbranched alkanes of at least 4 members (excludes halogenated alkanes) is 1. The summed E-state index contributed by atoms with van der Waals surface area (Å²) in [6.45, 7) is 3.56. The number of carbonyl (C=O) groups excluding carboxylic acids is 1. The average molecular weight is 360 g/mol. The smallest absolute Gasteiger partial charge is 0.418 e. The number of alkyl halides is 3.